The van der Waals surface area contributed by atoms with Gasteiger partial charge in [-0.05, 0) is 36.1 Å². The van der Waals surface area contributed by atoms with Crippen LogP contribution in [-0.2, 0) is 13.0 Å². The average Bonchev–Trinajstić information content (AvgIpc) is 2.53. The highest BCUT2D eigenvalue weighted by molar-refractivity contribution is 6.00. The maximum Gasteiger partial charge on any atom is 0.163 e. The number of benzene rings is 2. The van der Waals surface area contributed by atoms with E-state index in [0.717, 1.165) is 41.0 Å². The number of hydrogen-bond donors (Lipinski definition) is 1. The molecular weight excluding hydrogens is 298 g/mol. The summed E-state index contributed by atoms with van der Waals surface area (Å²) in [5, 5.41) is 3.20. The smallest absolute Gasteiger partial charge is 0.163 e. The van der Waals surface area contributed by atoms with Crippen LogP contribution in [0, 0.1) is 0 Å². The van der Waals surface area contributed by atoms with Gasteiger partial charge >= 0.3 is 0 Å². The summed E-state index contributed by atoms with van der Waals surface area (Å²) in [7, 11) is 1.88. The molecule has 2 aromatic rings. The number of nitrogens with one attached hydrogen (secondary N) is 1. The molecule has 116 valence electrons. The standard InChI is InChI=1S/C18H19NO2.ClH/c1-19-18-15-8-5-9-16(20)14(15)10-11-17(18)21-12-13-6-3-2-4-7-13;/h2-4,6-7,10-11,19H,5,8-9,12H2,1H3;1H. The topological polar surface area (TPSA) is 38.3 Å². The van der Waals surface area contributed by atoms with Crippen molar-refractivity contribution >= 4 is 23.9 Å². The zero-order chi connectivity index (χ0) is 14.7. The lowest BCUT2D eigenvalue weighted by atomic mass is 9.89. The Morgan fingerprint density at radius 1 is 1.09 bits per heavy atom. The van der Waals surface area contributed by atoms with Crippen LogP contribution in [0.15, 0.2) is 42.5 Å². The lowest BCUT2D eigenvalue weighted by Crippen LogP contribution is -2.13. The normalized spacial score (nSPS) is 13.0. The van der Waals surface area contributed by atoms with E-state index >= 15 is 0 Å². The predicted molar refractivity (Wildman–Crippen MR) is 91.3 cm³/mol. The van der Waals surface area contributed by atoms with Crippen LogP contribution in [0.1, 0.15) is 34.3 Å². The molecule has 4 heteroatoms. The fourth-order valence-electron chi connectivity index (χ4n) is 2.84. The van der Waals surface area contributed by atoms with Gasteiger partial charge < -0.3 is 10.1 Å². The Hall–Kier alpha value is -2.00. The molecule has 1 N–H and O–H groups in total. The molecule has 0 saturated heterocycles. The van der Waals surface area contributed by atoms with Crippen LogP contribution in [0.4, 0.5) is 5.69 Å². The molecule has 3 rings (SSSR count). The summed E-state index contributed by atoms with van der Waals surface area (Å²) in [6, 6.07) is 13.9. The number of ether oxygens (including phenoxy) is 1. The van der Waals surface area contributed by atoms with Crippen molar-refractivity contribution in [1.82, 2.24) is 0 Å². The Morgan fingerprint density at radius 2 is 1.86 bits per heavy atom. The molecule has 0 unspecified atom stereocenters. The molecule has 0 fully saturated rings. The van der Waals surface area contributed by atoms with Crippen LogP contribution >= 0.6 is 12.4 Å². The van der Waals surface area contributed by atoms with E-state index in [9.17, 15) is 4.79 Å². The van der Waals surface area contributed by atoms with Gasteiger partial charge in [0.15, 0.2) is 5.78 Å². The molecule has 2 aromatic carbocycles. The molecule has 0 amide bonds. The highest BCUT2D eigenvalue weighted by Crippen LogP contribution is 2.35. The fraction of sp³-hybridized carbons (Fsp3) is 0.278. The zero-order valence-electron chi connectivity index (χ0n) is 12.6. The second-order valence-electron chi connectivity index (χ2n) is 5.27. The molecular formula is C18H20ClNO2. The van der Waals surface area contributed by atoms with Gasteiger partial charge in [-0.25, -0.2) is 0 Å². The quantitative estimate of drug-likeness (QED) is 0.916. The van der Waals surface area contributed by atoms with Gasteiger partial charge in [0, 0.05) is 19.0 Å². The second-order valence-corrected chi connectivity index (χ2v) is 5.27. The third-order valence-electron chi connectivity index (χ3n) is 3.89. The molecule has 1 aliphatic carbocycles. The number of halogens is 1. The van der Waals surface area contributed by atoms with E-state index in [1.54, 1.807) is 0 Å². The summed E-state index contributed by atoms with van der Waals surface area (Å²) in [5.41, 5.74) is 4.03. The van der Waals surface area contributed by atoms with Crippen molar-refractivity contribution in [2.24, 2.45) is 0 Å². The van der Waals surface area contributed by atoms with Gasteiger partial charge in [-0.2, -0.15) is 0 Å². The van der Waals surface area contributed by atoms with Crippen molar-refractivity contribution in [2.45, 2.75) is 25.9 Å². The third kappa shape index (κ3) is 3.25. The summed E-state index contributed by atoms with van der Waals surface area (Å²) < 4.78 is 5.94. The van der Waals surface area contributed by atoms with Crippen molar-refractivity contribution < 1.29 is 9.53 Å². The van der Waals surface area contributed by atoms with Crippen molar-refractivity contribution in [3.05, 3.63) is 59.2 Å². The van der Waals surface area contributed by atoms with E-state index in [2.05, 4.69) is 5.32 Å². The van der Waals surface area contributed by atoms with Crippen molar-refractivity contribution in [2.75, 3.05) is 12.4 Å². The van der Waals surface area contributed by atoms with E-state index in [1.165, 1.54) is 0 Å². The molecule has 0 aromatic heterocycles. The first-order chi connectivity index (χ1) is 10.3. The molecule has 1 aliphatic rings. The zero-order valence-corrected chi connectivity index (χ0v) is 13.4. The molecule has 0 radical (unpaired) electrons. The van der Waals surface area contributed by atoms with E-state index in [1.807, 2.05) is 49.5 Å². The van der Waals surface area contributed by atoms with E-state index in [0.29, 0.717) is 13.0 Å². The summed E-state index contributed by atoms with van der Waals surface area (Å²) in [5.74, 6) is 1.05. The molecule has 0 spiro atoms. The van der Waals surface area contributed by atoms with Crippen LogP contribution in [0.2, 0.25) is 0 Å². The van der Waals surface area contributed by atoms with Crippen LogP contribution in [-0.4, -0.2) is 12.8 Å². The first-order valence-electron chi connectivity index (χ1n) is 7.33. The van der Waals surface area contributed by atoms with Gasteiger partial charge in [0.1, 0.15) is 12.4 Å². The summed E-state index contributed by atoms with van der Waals surface area (Å²) >= 11 is 0. The Morgan fingerprint density at radius 3 is 2.59 bits per heavy atom. The molecule has 0 atom stereocenters. The molecule has 0 heterocycles. The van der Waals surface area contributed by atoms with Crippen molar-refractivity contribution in [3.8, 4) is 5.75 Å². The Kier molecular flexibility index (Phi) is 5.45. The third-order valence-corrected chi connectivity index (χ3v) is 3.89. The average molecular weight is 318 g/mol. The molecule has 0 saturated carbocycles. The van der Waals surface area contributed by atoms with E-state index in [4.69, 9.17) is 4.74 Å². The van der Waals surface area contributed by atoms with E-state index in [-0.39, 0.29) is 18.2 Å². The highest BCUT2D eigenvalue weighted by Gasteiger charge is 2.22. The number of rotatable bonds is 4. The van der Waals surface area contributed by atoms with Crippen LogP contribution in [0.5, 0.6) is 5.75 Å². The number of anilines is 1. The van der Waals surface area contributed by atoms with Crippen molar-refractivity contribution in [3.63, 3.8) is 0 Å². The number of ketones is 1. The first-order valence-corrected chi connectivity index (χ1v) is 7.33. The van der Waals surface area contributed by atoms with Gasteiger partial charge in [0.2, 0.25) is 0 Å². The van der Waals surface area contributed by atoms with Crippen LogP contribution in [0.3, 0.4) is 0 Å². The number of hydrogen-bond acceptors (Lipinski definition) is 3. The minimum Gasteiger partial charge on any atom is -0.487 e. The van der Waals surface area contributed by atoms with Gasteiger partial charge in [0.05, 0.1) is 5.69 Å². The van der Waals surface area contributed by atoms with Crippen LogP contribution < -0.4 is 10.1 Å². The summed E-state index contributed by atoms with van der Waals surface area (Å²) in [6.45, 7) is 0.530. The fourth-order valence-corrected chi connectivity index (χ4v) is 2.84. The largest absolute Gasteiger partial charge is 0.487 e. The number of carbonyl (C=O) groups excluding carboxylic acids is 1. The number of carbonyl (C=O) groups is 1. The monoisotopic (exact) mass is 317 g/mol. The van der Waals surface area contributed by atoms with Crippen molar-refractivity contribution in [1.29, 1.82) is 0 Å². The maximum atomic E-state index is 12.0. The second kappa shape index (κ2) is 7.32. The highest BCUT2D eigenvalue weighted by atomic mass is 35.5. The molecule has 0 bridgehead atoms. The first kappa shape index (κ1) is 16.4. The minimum atomic E-state index is 0. The van der Waals surface area contributed by atoms with E-state index < -0.39 is 0 Å². The van der Waals surface area contributed by atoms with Gasteiger partial charge in [-0.3, -0.25) is 4.79 Å². The summed E-state index contributed by atoms with van der Waals surface area (Å²) in [6.07, 6.45) is 2.50. The Bertz CT molecular complexity index is 656. The van der Waals surface area contributed by atoms with Gasteiger partial charge in [-0.15, -0.1) is 12.4 Å². The SMILES string of the molecule is CNc1c(OCc2ccccc2)ccc2c1CCCC2=O.Cl. The molecule has 22 heavy (non-hydrogen) atoms. The van der Waals surface area contributed by atoms with Gasteiger partial charge in [-0.1, -0.05) is 30.3 Å². The lowest BCUT2D eigenvalue weighted by Gasteiger charge is -2.21. The summed E-state index contributed by atoms with van der Waals surface area (Å²) in [4.78, 5) is 12.0. The lowest BCUT2D eigenvalue weighted by molar-refractivity contribution is 0.0972. The number of Topliss-reactive ketones (excluding diaryl/α,β-unsaturated/α-hetero) is 1. The molecule has 0 aliphatic heterocycles. The van der Waals surface area contributed by atoms with Crippen LogP contribution in [0.25, 0.3) is 0 Å². The maximum absolute atomic E-state index is 12.0. The number of fused-ring (bicyclic) bond motifs is 1. The predicted octanol–water partition coefficient (Wildman–Crippen LogP) is 4.25. The Balaban J connectivity index is 0.00000176. The minimum absolute atomic E-state index is 0. The molecule has 3 nitrogen and oxygen atoms in total. The Labute approximate surface area is 137 Å². The van der Waals surface area contributed by atoms with Gasteiger partial charge in [0.25, 0.3) is 0 Å².